The predicted octanol–water partition coefficient (Wildman–Crippen LogP) is 2.29. The Bertz CT molecular complexity index is 865. The van der Waals surface area contributed by atoms with Crippen molar-refractivity contribution >= 4 is 46.5 Å². The molecule has 1 N–H and O–H groups in total. The van der Waals surface area contributed by atoms with Gasteiger partial charge in [-0.2, -0.15) is 0 Å². The summed E-state index contributed by atoms with van der Waals surface area (Å²) in [6.45, 7) is 0. The highest BCUT2D eigenvalue weighted by Crippen LogP contribution is 2.30. The fourth-order valence-corrected chi connectivity index (χ4v) is 2.88. The summed E-state index contributed by atoms with van der Waals surface area (Å²) in [5, 5.41) is 14.5. The third-order valence-electron chi connectivity index (χ3n) is 3.57. The second-order valence-electron chi connectivity index (χ2n) is 5.23. The number of benzene rings is 2. The van der Waals surface area contributed by atoms with Crippen LogP contribution < -0.4 is 10.4 Å². The Labute approximate surface area is 147 Å². The zero-order valence-electron chi connectivity index (χ0n) is 12.3. The van der Waals surface area contributed by atoms with E-state index in [9.17, 15) is 14.7 Å². The zero-order valence-corrected chi connectivity index (χ0v) is 13.8. The molecule has 0 saturated carbocycles. The SMILES string of the molecule is O=C([O-])CC1N=C(c2ccccc2Cl)c2cc(Cl)ccc2NC1=O. The number of carboxylic acids is 1. The molecule has 1 aliphatic rings. The highest BCUT2D eigenvalue weighted by molar-refractivity contribution is 6.37. The summed E-state index contributed by atoms with van der Waals surface area (Å²) in [5.74, 6) is -1.88. The summed E-state index contributed by atoms with van der Waals surface area (Å²) in [5.41, 5.74) is 2.05. The molecule has 1 atom stereocenters. The lowest BCUT2D eigenvalue weighted by atomic mass is 10.0. The number of nitrogens with zero attached hydrogens (tertiary/aromatic N) is 1. The van der Waals surface area contributed by atoms with Gasteiger partial charge in [0.2, 0.25) is 5.91 Å². The first kappa shape index (κ1) is 16.5. The molecule has 0 aliphatic carbocycles. The number of carboxylic acid groups (broad SMARTS) is 1. The Balaban J connectivity index is 2.23. The van der Waals surface area contributed by atoms with Crippen molar-refractivity contribution in [3.8, 4) is 0 Å². The number of aliphatic imine (C=N–C) groups is 1. The van der Waals surface area contributed by atoms with Crippen molar-refractivity contribution in [2.45, 2.75) is 12.5 Å². The van der Waals surface area contributed by atoms with Crippen molar-refractivity contribution in [2.75, 3.05) is 5.32 Å². The zero-order chi connectivity index (χ0) is 17.3. The van der Waals surface area contributed by atoms with Crippen LogP contribution in [0, 0.1) is 0 Å². The van der Waals surface area contributed by atoms with Gasteiger partial charge in [0.1, 0.15) is 6.04 Å². The maximum Gasteiger partial charge on any atom is 0.249 e. The number of anilines is 1. The van der Waals surface area contributed by atoms with Crippen LogP contribution in [0.3, 0.4) is 0 Å². The van der Waals surface area contributed by atoms with Crippen molar-refractivity contribution in [1.29, 1.82) is 0 Å². The smallest absolute Gasteiger partial charge is 0.249 e. The molecule has 0 aromatic heterocycles. The average Bonchev–Trinajstić information content (AvgIpc) is 2.65. The van der Waals surface area contributed by atoms with Crippen LogP contribution in [0.2, 0.25) is 10.0 Å². The fourth-order valence-electron chi connectivity index (χ4n) is 2.49. The number of amides is 1. The topological polar surface area (TPSA) is 81.6 Å². The molecule has 24 heavy (non-hydrogen) atoms. The van der Waals surface area contributed by atoms with Gasteiger partial charge in [-0.25, -0.2) is 0 Å². The van der Waals surface area contributed by atoms with Gasteiger partial charge in [0.15, 0.2) is 0 Å². The van der Waals surface area contributed by atoms with Crippen molar-refractivity contribution in [3.05, 3.63) is 63.6 Å². The minimum absolute atomic E-state index is 0.405. The highest BCUT2D eigenvalue weighted by Gasteiger charge is 2.26. The van der Waals surface area contributed by atoms with E-state index in [1.54, 1.807) is 42.5 Å². The molecule has 1 amide bonds. The molecule has 0 spiro atoms. The van der Waals surface area contributed by atoms with Crippen molar-refractivity contribution in [1.82, 2.24) is 0 Å². The molecule has 5 nitrogen and oxygen atoms in total. The fraction of sp³-hybridized carbons (Fsp3) is 0.118. The van der Waals surface area contributed by atoms with E-state index in [1.165, 1.54) is 0 Å². The van der Waals surface area contributed by atoms with E-state index < -0.39 is 24.3 Å². The summed E-state index contributed by atoms with van der Waals surface area (Å²) in [7, 11) is 0. The van der Waals surface area contributed by atoms with E-state index in [0.29, 0.717) is 32.6 Å². The number of carbonyl (C=O) groups is 2. The lowest BCUT2D eigenvalue weighted by Gasteiger charge is -2.12. The maximum absolute atomic E-state index is 12.3. The van der Waals surface area contributed by atoms with Crippen molar-refractivity contribution in [3.63, 3.8) is 0 Å². The first-order valence-corrected chi connectivity index (χ1v) is 7.84. The number of nitrogens with one attached hydrogen (secondary N) is 1. The van der Waals surface area contributed by atoms with Gasteiger partial charge < -0.3 is 15.2 Å². The van der Waals surface area contributed by atoms with Crippen LogP contribution in [0.25, 0.3) is 0 Å². The van der Waals surface area contributed by atoms with E-state index in [-0.39, 0.29) is 0 Å². The Morgan fingerprint density at radius 2 is 1.92 bits per heavy atom. The second-order valence-corrected chi connectivity index (χ2v) is 6.07. The molecule has 0 saturated heterocycles. The van der Waals surface area contributed by atoms with Gasteiger partial charge in [-0.15, -0.1) is 0 Å². The van der Waals surface area contributed by atoms with E-state index in [4.69, 9.17) is 23.2 Å². The van der Waals surface area contributed by atoms with Crippen molar-refractivity contribution < 1.29 is 14.7 Å². The molecule has 1 unspecified atom stereocenters. The first-order valence-electron chi connectivity index (χ1n) is 7.09. The molecule has 0 radical (unpaired) electrons. The Morgan fingerprint density at radius 3 is 2.62 bits per heavy atom. The first-order chi connectivity index (χ1) is 11.5. The summed E-state index contributed by atoms with van der Waals surface area (Å²) >= 11 is 12.3. The lowest BCUT2D eigenvalue weighted by molar-refractivity contribution is -0.305. The van der Waals surface area contributed by atoms with Crippen LogP contribution in [-0.4, -0.2) is 23.6 Å². The molecule has 2 aromatic carbocycles. The summed E-state index contributed by atoms with van der Waals surface area (Å²) in [6.07, 6.45) is -0.526. The largest absolute Gasteiger partial charge is 0.550 e. The molecule has 7 heteroatoms. The number of hydrogen-bond acceptors (Lipinski definition) is 4. The normalized spacial score (nSPS) is 16.7. The quantitative estimate of drug-likeness (QED) is 0.910. The number of carbonyl (C=O) groups excluding carboxylic acids is 2. The molecule has 3 rings (SSSR count). The lowest BCUT2D eigenvalue weighted by Crippen LogP contribution is -2.33. The minimum atomic E-state index is -1.36. The highest BCUT2D eigenvalue weighted by atomic mass is 35.5. The van der Waals surface area contributed by atoms with Gasteiger partial charge in [-0.1, -0.05) is 41.4 Å². The van der Waals surface area contributed by atoms with Gasteiger partial charge in [-0.3, -0.25) is 9.79 Å². The maximum atomic E-state index is 12.3. The van der Waals surface area contributed by atoms with Crippen LogP contribution in [0.4, 0.5) is 5.69 Å². The second kappa shape index (κ2) is 6.63. The molecule has 122 valence electrons. The van der Waals surface area contributed by atoms with E-state index >= 15 is 0 Å². The van der Waals surface area contributed by atoms with Crippen LogP contribution in [-0.2, 0) is 9.59 Å². The van der Waals surface area contributed by atoms with E-state index in [0.717, 1.165) is 0 Å². The molecule has 1 heterocycles. The Kier molecular flexibility index (Phi) is 4.55. The Hall–Kier alpha value is -2.37. The third kappa shape index (κ3) is 3.27. The number of benzodiazepines with no additional fused rings is 1. The molecule has 2 aromatic rings. The standard InChI is InChI=1S/C17H12Cl2N2O3/c18-9-5-6-13-11(7-9)16(10-3-1-2-4-12(10)19)20-14(8-15(22)23)17(24)21-13/h1-7,14H,8H2,(H,21,24)(H,22,23)/p-1. The summed E-state index contributed by atoms with van der Waals surface area (Å²) in [6, 6.07) is 10.8. The molecular weight excluding hydrogens is 351 g/mol. The third-order valence-corrected chi connectivity index (χ3v) is 4.14. The minimum Gasteiger partial charge on any atom is -0.550 e. The van der Waals surface area contributed by atoms with Crippen molar-refractivity contribution in [2.24, 2.45) is 4.99 Å². The number of aliphatic carboxylic acids is 1. The van der Waals surface area contributed by atoms with Gasteiger partial charge in [0.25, 0.3) is 0 Å². The van der Waals surface area contributed by atoms with Gasteiger partial charge in [0, 0.05) is 33.6 Å². The van der Waals surface area contributed by atoms with Crippen LogP contribution in [0.5, 0.6) is 0 Å². The van der Waals surface area contributed by atoms with E-state index in [1.807, 2.05) is 0 Å². The number of fused-ring (bicyclic) bond motifs is 1. The van der Waals surface area contributed by atoms with Crippen LogP contribution >= 0.6 is 23.2 Å². The van der Waals surface area contributed by atoms with E-state index in [2.05, 4.69) is 10.3 Å². The average molecular weight is 362 g/mol. The van der Waals surface area contributed by atoms with Gasteiger partial charge in [-0.05, 0) is 24.3 Å². The summed E-state index contributed by atoms with van der Waals surface area (Å²) < 4.78 is 0. The number of hydrogen-bond donors (Lipinski definition) is 1. The molecule has 1 aliphatic heterocycles. The predicted molar refractivity (Wildman–Crippen MR) is 90.6 cm³/mol. The monoisotopic (exact) mass is 361 g/mol. The number of halogens is 2. The van der Waals surface area contributed by atoms with Crippen LogP contribution in [0.1, 0.15) is 17.5 Å². The van der Waals surface area contributed by atoms with Gasteiger partial charge >= 0.3 is 0 Å². The molecular formula is C17H11Cl2N2O3-. The summed E-state index contributed by atoms with van der Waals surface area (Å²) in [4.78, 5) is 27.6. The van der Waals surface area contributed by atoms with Crippen LogP contribution in [0.15, 0.2) is 47.5 Å². The molecule has 0 fully saturated rings. The van der Waals surface area contributed by atoms with Gasteiger partial charge in [0.05, 0.1) is 11.4 Å². The Morgan fingerprint density at radius 1 is 1.17 bits per heavy atom. The molecule has 0 bridgehead atoms. The number of rotatable bonds is 3.